The zero-order chi connectivity index (χ0) is 18.2. The van der Waals surface area contributed by atoms with E-state index in [9.17, 15) is 4.79 Å². The maximum absolute atomic E-state index is 12.3. The Kier molecular flexibility index (Phi) is 3.83. The molecule has 2 heterocycles. The number of hydrogen-bond acceptors (Lipinski definition) is 5. The van der Waals surface area contributed by atoms with Gasteiger partial charge in [0.1, 0.15) is 0 Å². The Morgan fingerprint density at radius 1 is 0.963 bits per heavy atom. The third-order valence-electron chi connectivity index (χ3n) is 4.31. The largest absolute Gasteiger partial charge is 0.454 e. The Hall–Kier alpha value is -3.25. The maximum Gasteiger partial charge on any atom is 0.264 e. The smallest absolute Gasteiger partial charge is 0.264 e. The van der Waals surface area contributed by atoms with Gasteiger partial charge in [0.2, 0.25) is 6.79 Å². The van der Waals surface area contributed by atoms with E-state index in [1.54, 1.807) is 0 Å². The Morgan fingerprint density at radius 3 is 2.74 bits per heavy atom. The molecule has 1 amide bonds. The van der Waals surface area contributed by atoms with Crippen LogP contribution >= 0.6 is 11.8 Å². The molecule has 1 fully saturated rings. The fourth-order valence-corrected chi connectivity index (χ4v) is 3.84. The first kappa shape index (κ1) is 16.0. The van der Waals surface area contributed by atoms with Gasteiger partial charge < -0.3 is 14.8 Å². The molecule has 6 heteroatoms. The van der Waals surface area contributed by atoms with Crippen LogP contribution in [0.4, 0.5) is 5.69 Å². The van der Waals surface area contributed by atoms with Crippen LogP contribution in [0.1, 0.15) is 5.56 Å². The minimum absolute atomic E-state index is 0.155. The third kappa shape index (κ3) is 3.15. The van der Waals surface area contributed by atoms with Gasteiger partial charge >= 0.3 is 0 Å². The van der Waals surface area contributed by atoms with Crippen molar-refractivity contribution in [3.05, 3.63) is 71.1 Å². The number of nitrogens with zero attached hydrogens (tertiary/aromatic N) is 1. The van der Waals surface area contributed by atoms with Gasteiger partial charge in [0.05, 0.1) is 10.6 Å². The number of fused-ring (bicyclic) bond motifs is 2. The molecule has 0 aromatic heterocycles. The minimum Gasteiger partial charge on any atom is -0.454 e. The van der Waals surface area contributed by atoms with Crippen LogP contribution in [-0.4, -0.2) is 17.9 Å². The highest BCUT2D eigenvalue weighted by Crippen LogP contribution is 2.35. The second-order valence-electron chi connectivity index (χ2n) is 6.13. The first-order valence-corrected chi connectivity index (χ1v) is 9.24. The van der Waals surface area contributed by atoms with Crippen molar-refractivity contribution < 1.29 is 14.3 Å². The Balaban J connectivity index is 1.41. The Bertz CT molecular complexity index is 1140. The molecule has 5 rings (SSSR count). The van der Waals surface area contributed by atoms with Gasteiger partial charge in [0.25, 0.3) is 5.91 Å². The fraction of sp³-hybridized carbons (Fsp3) is 0.0476. The fourth-order valence-electron chi connectivity index (χ4n) is 3.00. The number of hydrogen-bond donors (Lipinski definition) is 1. The van der Waals surface area contributed by atoms with Crippen molar-refractivity contribution in [2.45, 2.75) is 0 Å². The highest BCUT2D eigenvalue weighted by atomic mass is 32.2. The quantitative estimate of drug-likeness (QED) is 0.673. The molecule has 1 N–H and O–H groups in total. The molecule has 0 unspecified atom stereocenters. The van der Waals surface area contributed by atoms with Crippen molar-refractivity contribution >= 4 is 45.4 Å². The van der Waals surface area contributed by atoms with Crippen molar-refractivity contribution in [2.75, 3.05) is 6.79 Å². The summed E-state index contributed by atoms with van der Waals surface area (Å²) < 4.78 is 10.7. The normalized spacial score (nSPS) is 18.4. The zero-order valence-corrected chi connectivity index (χ0v) is 15.0. The molecule has 0 bridgehead atoms. The van der Waals surface area contributed by atoms with Gasteiger partial charge in [-0.15, -0.1) is 0 Å². The lowest BCUT2D eigenvalue weighted by molar-refractivity contribution is -0.115. The molecule has 2 aliphatic heterocycles. The highest BCUT2D eigenvalue weighted by molar-refractivity contribution is 8.18. The summed E-state index contributed by atoms with van der Waals surface area (Å²) in [6, 6.07) is 19.7. The van der Waals surface area contributed by atoms with Crippen LogP contribution in [0, 0.1) is 0 Å². The average molecular weight is 374 g/mol. The van der Waals surface area contributed by atoms with Gasteiger partial charge in [-0.1, -0.05) is 36.4 Å². The van der Waals surface area contributed by atoms with Crippen LogP contribution in [0.15, 0.2) is 70.6 Å². The molecular weight excluding hydrogens is 360 g/mol. The number of thioether (sulfide) groups is 1. The summed E-state index contributed by atoms with van der Waals surface area (Å²) in [5.41, 5.74) is 1.68. The molecule has 3 aromatic carbocycles. The third-order valence-corrected chi connectivity index (χ3v) is 5.22. The Morgan fingerprint density at radius 2 is 1.81 bits per heavy atom. The van der Waals surface area contributed by atoms with E-state index in [2.05, 4.69) is 16.4 Å². The summed E-state index contributed by atoms with van der Waals surface area (Å²) in [6.45, 7) is 0.229. The summed E-state index contributed by atoms with van der Waals surface area (Å²) in [4.78, 5) is 17.4. The molecule has 1 saturated heterocycles. The number of rotatable bonds is 2. The number of ether oxygens (including phenoxy) is 2. The number of carbonyl (C=O) groups is 1. The second-order valence-corrected chi connectivity index (χ2v) is 7.16. The average Bonchev–Trinajstić information content (AvgIpc) is 3.28. The summed E-state index contributed by atoms with van der Waals surface area (Å²) in [5.74, 6) is 1.26. The molecule has 132 valence electrons. The predicted molar refractivity (Wildman–Crippen MR) is 107 cm³/mol. The van der Waals surface area contributed by atoms with Crippen molar-refractivity contribution in [1.29, 1.82) is 0 Å². The van der Waals surface area contributed by atoms with E-state index in [1.807, 2.05) is 60.7 Å². The molecule has 0 saturated carbocycles. The number of amides is 1. The summed E-state index contributed by atoms with van der Waals surface area (Å²) in [5, 5.41) is 5.67. The highest BCUT2D eigenvalue weighted by Gasteiger charge is 2.24. The molecule has 3 aromatic rings. The van der Waals surface area contributed by atoms with Crippen LogP contribution in [0.2, 0.25) is 0 Å². The molecule has 0 spiro atoms. The van der Waals surface area contributed by atoms with Crippen LogP contribution in [0.25, 0.3) is 16.8 Å². The van der Waals surface area contributed by atoms with Gasteiger partial charge in [-0.3, -0.25) is 4.79 Å². The van der Waals surface area contributed by atoms with E-state index >= 15 is 0 Å². The van der Waals surface area contributed by atoms with Crippen LogP contribution < -0.4 is 14.8 Å². The maximum atomic E-state index is 12.3. The summed E-state index contributed by atoms with van der Waals surface area (Å²) in [6.07, 6.45) is 1.82. The lowest BCUT2D eigenvalue weighted by atomic mass is 10.1. The molecular formula is C21H14N2O3S. The zero-order valence-electron chi connectivity index (χ0n) is 14.1. The molecule has 0 atom stereocenters. The lowest BCUT2D eigenvalue weighted by Gasteiger charge is -2.00. The van der Waals surface area contributed by atoms with Gasteiger partial charge in [-0.05, 0) is 58.4 Å². The van der Waals surface area contributed by atoms with Crippen molar-refractivity contribution in [2.24, 2.45) is 4.99 Å². The molecule has 0 aliphatic carbocycles. The molecule has 2 aliphatic rings. The molecule has 0 radical (unpaired) electrons. The van der Waals surface area contributed by atoms with Crippen LogP contribution in [-0.2, 0) is 4.79 Å². The molecule has 5 nitrogen and oxygen atoms in total. The van der Waals surface area contributed by atoms with E-state index in [0.29, 0.717) is 15.8 Å². The van der Waals surface area contributed by atoms with Gasteiger partial charge in [-0.2, -0.15) is 0 Å². The van der Waals surface area contributed by atoms with Crippen molar-refractivity contribution in [3.8, 4) is 11.5 Å². The van der Waals surface area contributed by atoms with Crippen molar-refractivity contribution in [1.82, 2.24) is 5.32 Å². The van der Waals surface area contributed by atoms with E-state index in [0.717, 1.165) is 27.8 Å². The van der Waals surface area contributed by atoms with Gasteiger partial charge in [0, 0.05) is 0 Å². The predicted octanol–water partition coefficient (Wildman–Crippen LogP) is 4.46. The SMILES string of the molecule is O=C1NC(=Nc2ccc3ccccc3c2)S/C1=C\c1ccc2c(c1)OCO2. The van der Waals surface area contributed by atoms with Gasteiger partial charge in [-0.25, -0.2) is 4.99 Å². The lowest BCUT2D eigenvalue weighted by Crippen LogP contribution is -2.19. The monoisotopic (exact) mass is 374 g/mol. The number of aliphatic imine (C=N–C) groups is 1. The second kappa shape index (κ2) is 6.48. The van der Waals surface area contributed by atoms with Crippen molar-refractivity contribution in [3.63, 3.8) is 0 Å². The number of benzene rings is 3. The van der Waals surface area contributed by atoms with Crippen LogP contribution in [0.5, 0.6) is 11.5 Å². The first-order valence-electron chi connectivity index (χ1n) is 8.43. The summed E-state index contributed by atoms with van der Waals surface area (Å²) >= 11 is 1.33. The van der Waals surface area contributed by atoms with E-state index in [-0.39, 0.29) is 12.7 Å². The van der Waals surface area contributed by atoms with E-state index in [1.165, 1.54) is 11.8 Å². The minimum atomic E-state index is -0.155. The van der Waals surface area contributed by atoms with Gasteiger partial charge in [0.15, 0.2) is 16.7 Å². The standard InChI is InChI=1S/C21H14N2O3S/c24-20-19(10-13-5-8-17-18(9-13)26-12-25-17)27-21(23-20)22-16-7-6-14-3-1-2-4-15(14)11-16/h1-11H,12H2,(H,22,23,24)/b19-10-. The molecule has 27 heavy (non-hydrogen) atoms. The number of carbonyl (C=O) groups excluding carboxylic acids is 1. The topological polar surface area (TPSA) is 59.9 Å². The van der Waals surface area contributed by atoms with E-state index in [4.69, 9.17) is 9.47 Å². The first-order chi connectivity index (χ1) is 13.2. The summed E-state index contributed by atoms with van der Waals surface area (Å²) in [7, 11) is 0. The van der Waals surface area contributed by atoms with Crippen LogP contribution in [0.3, 0.4) is 0 Å². The number of nitrogens with one attached hydrogen (secondary N) is 1. The van der Waals surface area contributed by atoms with E-state index < -0.39 is 0 Å². The Labute approximate surface area is 159 Å². The number of amidine groups is 1.